The maximum atomic E-state index is 13.5. The van der Waals surface area contributed by atoms with Crippen molar-refractivity contribution in [3.05, 3.63) is 59.4 Å². The van der Waals surface area contributed by atoms with E-state index in [4.69, 9.17) is 0 Å². The highest BCUT2D eigenvalue weighted by molar-refractivity contribution is 5.95. The monoisotopic (exact) mass is 472 g/mol. The van der Waals surface area contributed by atoms with E-state index in [0.29, 0.717) is 0 Å². The third kappa shape index (κ3) is 4.43. The Morgan fingerprint density at radius 1 is 0.943 bits per heavy atom. The molecule has 0 bridgehead atoms. The standard InChI is InChI=1S/C29H36N4O2/c34-27(22-3-1-2-4-22)31-26-8-7-21-5-6-23(19-25(21)26)28(35)33-18-13-29(20-33)11-16-32(17-12-29)24-9-14-30-15-10-24/h5-6,9-10,14-15,19,22,26H,1-4,7-8,11-13,16-18,20H2,(H,31,34). The molecule has 1 atom stereocenters. The number of carbonyl (C=O) groups excluding carboxylic acids is 2. The van der Waals surface area contributed by atoms with Gasteiger partial charge in [-0.05, 0) is 85.8 Å². The molecule has 1 unspecified atom stereocenters. The van der Waals surface area contributed by atoms with Gasteiger partial charge in [0.15, 0.2) is 0 Å². The molecule has 6 nitrogen and oxygen atoms in total. The number of hydrogen-bond acceptors (Lipinski definition) is 4. The number of amides is 2. The highest BCUT2D eigenvalue weighted by atomic mass is 16.2. The zero-order valence-electron chi connectivity index (χ0n) is 20.5. The third-order valence-corrected chi connectivity index (χ3v) is 9.09. The Labute approximate surface area is 208 Å². The molecule has 2 aliphatic carbocycles. The summed E-state index contributed by atoms with van der Waals surface area (Å²) >= 11 is 0. The number of anilines is 1. The van der Waals surface area contributed by atoms with Crippen LogP contribution in [-0.2, 0) is 11.2 Å². The van der Waals surface area contributed by atoms with Gasteiger partial charge in [0.05, 0.1) is 6.04 Å². The summed E-state index contributed by atoms with van der Waals surface area (Å²) in [6, 6.07) is 10.4. The predicted octanol–water partition coefficient (Wildman–Crippen LogP) is 4.51. The summed E-state index contributed by atoms with van der Waals surface area (Å²) in [5.41, 5.74) is 4.69. The quantitative estimate of drug-likeness (QED) is 0.711. The SMILES string of the molecule is O=C(NC1CCc2ccc(C(=O)N3CCC4(CCN(c5ccncc5)CC4)C3)cc21)C1CCCC1. The van der Waals surface area contributed by atoms with Crippen molar-refractivity contribution in [3.63, 3.8) is 0 Å². The largest absolute Gasteiger partial charge is 0.371 e. The summed E-state index contributed by atoms with van der Waals surface area (Å²) in [6.45, 7) is 3.77. The lowest BCUT2D eigenvalue weighted by Crippen LogP contribution is -2.42. The maximum absolute atomic E-state index is 13.5. The number of likely N-dealkylation sites (tertiary alicyclic amines) is 1. The van der Waals surface area contributed by atoms with Gasteiger partial charge >= 0.3 is 0 Å². The number of carbonyl (C=O) groups is 2. The number of nitrogens with one attached hydrogen (secondary N) is 1. The summed E-state index contributed by atoms with van der Waals surface area (Å²) in [4.78, 5) is 34.9. The summed E-state index contributed by atoms with van der Waals surface area (Å²) in [5, 5.41) is 3.30. The van der Waals surface area contributed by atoms with Crippen LogP contribution in [0.3, 0.4) is 0 Å². The number of nitrogens with zero attached hydrogens (tertiary/aromatic N) is 3. The van der Waals surface area contributed by atoms with Gasteiger partial charge in [0.25, 0.3) is 5.91 Å². The van der Waals surface area contributed by atoms with Crippen LogP contribution in [0, 0.1) is 11.3 Å². The van der Waals surface area contributed by atoms with Gasteiger partial charge in [-0.1, -0.05) is 18.9 Å². The second-order valence-corrected chi connectivity index (χ2v) is 11.2. The average molecular weight is 473 g/mol. The molecule has 1 aromatic carbocycles. The highest BCUT2D eigenvalue weighted by Crippen LogP contribution is 2.42. The first-order valence-corrected chi connectivity index (χ1v) is 13.5. The maximum Gasteiger partial charge on any atom is 0.253 e. The molecular formula is C29H36N4O2. The van der Waals surface area contributed by atoms with E-state index in [0.717, 1.165) is 95.1 Å². The van der Waals surface area contributed by atoms with Crippen molar-refractivity contribution < 1.29 is 9.59 Å². The zero-order valence-corrected chi connectivity index (χ0v) is 20.5. The van der Waals surface area contributed by atoms with Gasteiger partial charge in [-0.3, -0.25) is 14.6 Å². The molecule has 2 aromatic rings. The number of piperidine rings is 1. The van der Waals surface area contributed by atoms with Crippen molar-refractivity contribution in [2.24, 2.45) is 11.3 Å². The second-order valence-electron chi connectivity index (χ2n) is 11.2. The van der Waals surface area contributed by atoms with Crippen LogP contribution in [0.2, 0.25) is 0 Å². The van der Waals surface area contributed by atoms with Crippen molar-refractivity contribution in [1.82, 2.24) is 15.2 Å². The molecule has 4 aliphatic rings. The predicted molar refractivity (Wildman–Crippen MR) is 136 cm³/mol. The van der Waals surface area contributed by atoms with Gasteiger partial charge in [0.1, 0.15) is 0 Å². The van der Waals surface area contributed by atoms with Crippen molar-refractivity contribution in [1.29, 1.82) is 0 Å². The molecule has 0 radical (unpaired) electrons. The molecule has 6 heteroatoms. The Hall–Kier alpha value is -2.89. The lowest BCUT2D eigenvalue weighted by molar-refractivity contribution is -0.125. The normalized spacial score (nSPS) is 23.6. The van der Waals surface area contributed by atoms with E-state index >= 15 is 0 Å². The minimum absolute atomic E-state index is 0.0493. The second kappa shape index (κ2) is 9.29. The molecule has 2 aliphatic heterocycles. The van der Waals surface area contributed by atoms with Crippen molar-refractivity contribution in [3.8, 4) is 0 Å². The first-order chi connectivity index (χ1) is 17.1. The van der Waals surface area contributed by atoms with E-state index in [1.54, 1.807) is 0 Å². The average Bonchev–Trinajstić information content (AvgIpc) is 3.66. The van der Waals surface area contributed by atoms with Crippen molar-refractivity contribution in [2.45, 2.75) is 63.8 Å². The fourth-order valence-corrected chi connectivity index (χ4v) is 6.86. The lowest BCUT2D eigenvalue weighted by atomic mass is 9.77. The van der Waals surface area contributed by atoms with Gasteiger partial charge in [-0.15, -0.1) is 0 Å². The Morgan fingerprint density at radius 3 is 2.46 bits per heavy atom. The van der Waals surface area contributed by atoms with Gasteiger partial charge in [-0.25, -0.2) is 0 Å². The summed E-state index contributed by atoms with van der Waals surface area (Å²) in [6.07, 6.45) is 13.3. The summed E-state index contributed by atoms with van der Waals surface area (Å²) in [5.74, 6) is 0.528. The lowest BCUT2D eigenvalue weighted by Gasteiger charge is -2.40. The zero-order chi connectivity index (χ0) is 23.8. The van der Waals surface area contributed by atoms with E-state index in [1.165, 1.54) is 11.3 Å². The van der Waals surface area contributed by atoms with E-state index in [1.807, 2.05) is 18.5 Å². The fourth-order valence-electron chi connectivity index (χ4n) is 6.86. The van der Waals surface area contributed by atoms with Crippen molar-refractivity contribution >= 4 is 17.5 Å². The number of rotatable bonds is 4. The van der Waals surface area contributed by atoms with E-state index < -0.39 is 0 Å². The number of hydrogen-bond donors (Lipinski definition) is 1. The van der Waals surface area contributed by atoms with Crippen LogP contribution >= 0.6 is 0 Å². The minimum Gasteiger partial charge on any atom is -0.371 e. The molecule has 184 valence electrons. The first kappa shape index (κ1) is 22.6. The van der Waals surface area contributed by atoms with Crippen LogP contribution in [0.4, 0.5) is 5.69 Å². The van der Waals surface area contributed by atoms with Gasteiger partial charge in [0, 0.05) is 55.7 Å². The van der Waals surface area contributed by atoms with E-state index in [-0.39, 0.29) is 29.2 Å². The number of aromatic nitrogens is 1. The van der Waals surface area contributed by atoms with Crippen LogP contribution in [-0.4, -0.2) is 47.9 Å². The first-order valence-electron chi connectivity index (χ1n) is 13.5. The van der Waals surface area contributed by atoms with Gasteiger partial charge < -0.3 is 15.1 Å². The van der Waals surface area contributed by atoms with E-state index in [9.17, 15) is 9.59 Å². The Kier molecular flexibility index (Phi) is 5.99. The smallest absolute Gasteiger partial charge is 0.253 e. The van der Waals surface area contributed by atoms with Gasteiger partial charge in [-0.2, -0.15) is 0 Å². The Balaban J connectivity index is 1.10. The Bertz CT molecular complexity index is 1090. The van der Waals surface area contributed by atoms with Gasteiger partial charge in [0.2, 0.25) is 5.91 Å². The minimum atomic E-state index is 0.0493. The molecule has 3 heterocycles. The molecule has 1 spiro atoms. The molecule has 3 fully saturated rings. The fraction of sp³-hybridized carbons (Fsp3) is 0.552. The van der Waals surface area contributed by atoms with Crippen LogP contribution in [0.5, 0.6) is 0 Å². The summed E-state index contributed by atoms with van der Waals surface area (Å²) < 4.78 is 0. The molecule has 2 saturated heterocycles. The van der Waals surface area contributed by atoms with Crippen LogP contribution < -0.4 is 10.2 Å². The number of aryl methyl sites for hydroxylation is 1. The molecule has 1 saturated carbocycles. The molecule has 1 aromatic heterocycles. The molecule has 1 N–H and O–H groups in total. The molecule has 35 heavy (non-hydrogen) atoms. The van der Waals surface area contributed by atoms with Crippen molar-refractivity contribution in [2.75, 3.05) is 31.1 Å². The van der Waals surface area contributed by atoms with Crippen LogP contribution in [0.15, 0.2) is 42.7 Å². The van der Waals surface area contributed by atoms with Crippen LogP contribution in [0.25, 0.3) is 0 Å². The van der Waals surface area contributed by atoms with E-state index in [2.05, 4.69) is 44.4 Å². The highest BCUT2D eigenvalue weighted by Gasteiger charge is 2.42. The topological polar surface area (TPSA) is 65.5 Å². The summed E-state index contributed by atoms with van der Waals surface area (Å²) in [7, 11) is 0. The third-order valence-electron chi connectivity index (χ3n) is 9.09. The number of fused-ring (bicyclic) bond motifs is 1. The molecule has 6 rings (SSSR count). The number of pyridine rings is 1. The molecule has 2 amide bonds. The number of benzene rings is 1. The van der Waals surface area contributed by atoms with Crippen LogP contribution in [0.1, 0.15) is 78.9 Å². The molecular weight excluding hydrogens is 436 g/mol. The Morgan fingerprint density at radius 2 is 1.69 bits per heavy atom.